The molecule has 1 aromatic heterocycles. The largest absolute Gasteiger partial charge is 0.328 e. The lowest BCUT2D eigenvalue weighted by molar-refractivity contribution is -0.116. The van der Waals surface area contributed by atoms with Crippen molar-refractivity contribution in [1.82, 2.24) is 9.55 Å². The van der Waals surface area contributed by atoms with Crippen molar-refractivity contribution in [3.63, 3.8) is 0 Å². The summed E-state index contributed by atoms with van der Waals surface area (Å²) in [6.45, 7) is 1.95. The second kappa shape index (κ2) is 6.86. The first kappa shape index (κ1) is 14.3. The lowest BCUT2D eigenvalue weighted by atomic mass is 10.1. The molecule has 1 unspecified atom stereocenters. The maximum atomic E-state index is 11.9. The van der Waals surface area contributed by atoms with Gasteiger partial charge in [0.05, 0.1) is 17.7 Å². The third-order valence-electron chi connectivity index (χ3n) is 3.02. The number of anilines is 1. The third kappa shape index (κ3) is 3.93. The Balaban J connectivity index is 2.01. The predicted octanol–water partition coefficient (Wildman–Crippen LogP) is 2.33. The molecule has 5 nitrogen and oxygen atoms in total. The fourth-order valence-corrected chi connectivity index (χ4v) is 2.00. The van der Waals surface area contributed by atoms with E-state index in [0.29, 0.717) is 6.42 Å². The van der Waals surface area contributed by atoms with Crippen molar-refractivity contribution >= 4 is 11.6 Å². The summed E-state index contributed by atoms with van der Waals surface area (Å²) < 4.78 is 1.87. The summed E-state index contributed by atoms with van der Waals surface area (Å²) in [7, 11) is 0. The van der Waals surface area contributed by atoms with Crippen LogP contribution < -0.4 is 11.1 Å². The Hall–Kier alpha value is -2.14. The minimum absolute atomic E-state index is 0.0122. The van der Waals surface area contributed by atoms with E-state index in [0.717, 1.165) is 24.2 Å². The normalized spacial score (nSPS) is 12.1. The fourth-order valence-electron chi connectivity index (χ4n) is 2.00. The first-order valence-corrected chi connectivity index (χ1v) is 6.79. The maximum absolute atomic E-state index is 11.9. The van der Waals surface area contributed by atoms with E-state index in [1.54, 1.807) is 12.5 Å². The molecule has 0 aliphatic heterocycles. The van der Waals surface area contributed by atoms with Crippen molar-refractivity contribution < 1.29 is 4.79 Å². The molecule has 20 heavy (non-hydrogen) atoms. The summed E-state index contributed by atoms with van der Waals surface area (Å²) in [6.07, 6.45) is 7.41. The summed E-state index contributed by atoms with van der Waals surface area (Å²) in [5, 5.41) is 2.94. The van der Waals surface area contributed by atoms with Gasteiger partial charge in [0, 0.05) is 24.9 Å². The highest BCUT2D eigenvalue weighted by atomic mass is 16.1. The maximum Gasteiger partial charge on any atom is 0.224 e. The highest BCUT2D eigenvalue weighted by Crippen LogP contribution is 2.19. The van der Waals surface area contributed by atoms with Crippen LogP contribution in [0, 0.1) is 0 Å². The SMILES string of the molecule is CC(N)CCCC(=O)Nc1ccccc1-n1ccnc1. The second-order valence-electron chi connectivity index (χ2n) is 4.90. The Labute approximate surface area is 118 Å². The molecule has 0 aliphatic rings. The van der Waals surface area contributed by atoms with Crippen LogP contribution in [0.5, 0.6) is 0 Å². The molecule has 2 rings (SSSR count). The highest BCUT2D eigenvalue weighted by molar-refractivity contribution is 5.92. The van der Waals surface area contributed by atoms with Gasteiger partial charge in [-0.15, -0.1) is 0 Å². The molecule has 3 N–H and O–H groups in total. The zero-order valence-corrected chi connectivity index (χ0v) is 11.6. The van der Waals surface area contributed by atoms with Crippen molar-refractivity contribution in [2.75, 3.05) is 5.32 Å². The van der Waals surface area contributed by atoms with Gasteiger partial charge in [-0.25, -0.2) is 4.98 Å². The number of para-hydroxylation sites is 2. The average Bonchev–Trinajstić information content (AvgIpc) is 2.92. The molecule has 0 fully saturated rings. The summed E-state index contributed by atoms with van der Waals surface area (Å²) in [6, 6.07) is 7.80. The lowest BCUT2D eigenvalue weighted by Gasteiger charge is -2.11. The molecular weight excluding hydrogens is 252 g/mol. The molecule has 0 saturated carbocycles. The number of hydrogen-bond donors (Lipinski definition) is 2. The quantitative estimate of drug-likeness (QED) is 0.847. The first-order chi connectivity index (χ1) is 9.66. The Kier molecular flexibility index (Phi) is 4.90. The van der Waals surface area contributed by atoms with Crippen molar-refractivity contribution in [2.45, 2.75) is 32.2 Å². The molecular formula is C15H20N4O. The molecule has 1 aromatic carbocycles. The lowest BCUT2D eigenvalue weighted by Crippen LogP contribution is -2.17. The molecule has 0 radical (unpaired) electrons. The zero-order valence-electron chi connectivity index (χ0n) is 11.6. The van der Waals surface area contributed by atoms with Crippen LogP contribution in [0.2, 0.25) is 0 Å². The standard InChI is InChI=1S/C15H20N4O/c1-12(16)5-4-8-15(20)18-13-6-2-3-7-14(13)19-10-9-17-11-19/h2-3,6-7,9-12H,4-5,8,16H2,1H3,(H,18,20). The predicted molar refractivity (Wildman–Crippen MR) is 79.7 cm³/mol. The topological polar surface area (TPSA) is 72.9 Å². The van der Waals surface area contributed by atoms with Crippen molar-refractivity contribution in [3.05, 3.63) is 43.0 Å². The summed E-state index contributed by atoms with van der Waals surface area (Å²) in [5.74, 6) is 0.0122. The van der Waals surface area contributed by atoms with Gasteiger partial charge in [0.15, 0.2) is 0 Å². The van der Waals surface area contributed by atoms with E-state index < -0.39 is 0 Å². The van der Waals surface area contributed by atoms with Crippen LogP contribution in [0.4, 0.5) is 5.69 Å². The van der Waals surface area contributed by atoms with Crippen LogP contribution in [0.25, 0.3) is 5.69 Å². The molecule has 0 spiro atoms. The molecule has 1 atom stereocenters. The number of hydrogen-bond acceptors (Lipinski definition) is 3. The summed E-state index contributed by atoms with van der Waals surface area (Å²) in [5.41, 5.74) is 7.37. The van der Waals surface area contributed by atoms with Gasteiger partial charge in [-0.05, 0) is 31.9 Å². The van der Waals surface area contributed by atoms with Gasteiger partial charge in [0.1, 0.15) is 0 Å². The van der Waals surface area contributed by atoms with Crippen LogP contribution in [0.1, 0.15) is 26.2 Å². The van der Waals surface area contributed by atoms with Crippen LogP contribution in [-0.2, 0) is 4.79 Å². The highest BCUT2D eigenvalue weighted by Gasteiger charge is 2.08. The number of nitrogens with two attached hydrogens (primary N) is 1. The van der Waals surface area contributed by atoms with Crippen LogP contribution >= 0.6 is 0 Å². The fraction of sp³-hybridized carbons (Fsp3) is 0.333. The Morgan fingerprint density at radius 3 is 2.95 bits per heavy atom. The van der Waals surface area contributed by atoms with Crippen LogP contribution in [0.15, 0.2) is 43.0 Å². The molecule has 1 amide bonds. The Bertz CT molecular complexity index is 549. The van der Waals surface area contributed by atoms with E-state index in [4.69, 9.17) is 5.73 Å². The number of amides is 1. The van der Waals surface area contributed by atoms with Gasteiger partial charge in [-0.2, -0.15) is 0 Å². The number of rotatable bonds is 6. The smallest absolute Gasteiger partial charge is 0.224 e. The van der Waals surface area contributed by atoms with E-state index in [2.05, 4.69) is 10.3 Å². The Morgan fingerprint density at radius 1 is 1.45 bits per heavy atom. The van der Waals surface area contributed by atoms with Crippen molar-refractivity contribution in [3.8, 4) is 5.69 Å². The first-order valence-electron chi connectivity index (χ1n) is 6.79. The third-order valence-corrected chi connectivity index (χ3v) is 3.02. The van der Waals surface area contributed by atoms with Gasteiger partial charge in [0.2, 0.25) is 5.91 Å². The Morgan fingerprint density at radius 2 is 2.25 bits per heavy atom. The van der Waals surface area contributed by atoms with Gasteiger partial charge in [-0.1, -0.05) is 12.1 Å². The molecule has 0 bridgehead atoms. The van der Waals surface area contributed by atoms with E-state index in [1.165, 1.54) is 0 Å². The van der Waals surface area contributed by atoms with E-state index in [-0.39, 0.29) is 11.9 Å². The van der Waals surface area contributed by atoms with Gasteiger partial charge in [0.25, 0.3) is 0 Å². The van der Waals surface area contributed by atoms with E-state index >= 15 is 0 Å². The number of nitrogens with one attached hydrogen (secondary N) is 1. The van der Waals surface area contributed by atoms with Gasteiger partial charge in [-0.3, -0.25) is 4.79 Å². The van der Waals surface area contributed by atoms with Crippen LogP contribution in [-0.4, -0.2) is 21.5 Å². The summed E-state index contributed by atoms with van der Waals surface area (Å²) in [4.78, 5) is 16.0. The molecule has 106 valence electrons. The number of benzene rings is 1. The minimum Gasteiger partial charge on any atom is -0.328 e. The van der Waals surface area contributed by atoms with E-state index in [1.807, 2.05) is 42.0 Å². The second-order valence-corrected chi connectivity index (χ2v) is 4.90. The molecule has 2 aromatic rings. The number of carbonyl (C=O) groups excluding carboxylic acids is 1. The van der Waals surface area contributed by atoms with Crippen molar-refractivity contribution in [1.29, 1.82) is 0 Å². The summed E-state index contributed by atoms with van der Waals surface area (Å²) >= 11 is 0. The number of imidazole rings is 1. The minimum atomic E-state index is 0.0122. The number of nitrogens with zero attached hydrogens (tertiary/aromatic N) is 2. The van der Waals surface area contributed by atoms with Crippen molar-refractivity contribution in [2.24, 2.45) is 5.73 Å². The van der Waals surface area contributed by atoms with Gasteiger partial charge < -0.3 is 15.6 Å². The molecule has 1 heterocycles. The monoisotopic (exact) mass is 272 g/mol. The van der Waals surface area contributed by atoms with Crippen LogP contribution in [0.3, 0.4) is 0 Å². The number of carbonyl (C=O) groups is 1. The number of aromatic nitrogens is 2. The van der Waals surface area contributed by atoms with E-state index in [9.17, 15) is 4.79 Å². The molecule has 0 saturated heterocycles. The van der Waals surface area contributed by atoms with Gasteiger partial charge >= 0.3 is 0 Å². The zero-order chi connectivity index (χ0) is 14.4. The molecule has 5 heteroatoms. The average molecular weight is 272 g/mol. The molecule has 0 aliphatic carbocycles.